The van der Waals surface area contributed by atoms with E-state index in [1.54, 1.807) is 0 Å². The summed E-state index contributed by atoms with van der Waals surface area (Å²) in [6.07, 6.45) is 2.45. The van der Waals surface area contributed by atoms with Crippen LogP contribution in [0.4, 0.5) is 0 Å². The SMILES string of the molecule is PN1CCC2OC2C1. The number of rotatable bonds is 0. The molecule has 3 atom stereocenters. The third-order valence-corrected chi connectivity index (χ3v) is 2.27. The maximum atomic E-state index is 5.29. The number of epoxide rings is 1. The van der Waals surface area contributed by atoms with Gasteiger partial charge < -0.3 is 4.74 Å². The number of hydrogen-bond acceptors (Lipinski definition) is 2. The molecule has 2 aliphatic heterocycles. The van der Waals surface area contributed by atoms with Crippen molar-refractivity contribution in [2.45, 2.75) is 18.6 Å². The quantitative estimate of drug-likeness (QED) is 0.346. The zero-order valence-electron chi connectivity index (χ0n) is 4.71. The van der Waals surface area contributed by atoms with Crippen molar-refractivity contribution in [3.63, 3.8) is 0 Å². The van der Waals surface area contributed by atoms with E-state index in [1.807, 2.05) is 0 Å². The smallest absolute Gasteiger partial charge is 0.0972 e. The van der Waals surface area contributed by atoms with E-state index in [0.717, 1.165) is 6.54 Å². The van der Waals surface area contributed by atoms with E-state index in [1.165, 1.54) is 13.0 Å². The molecule has 0 radical (unpaired) electrons. The van der Waals surface area contributed by atoms with Gasteiger partial charge in [-0.25, -0.2) is 0 Å². The predicted molar refractivity (Wildman–Crippen MR) is 34.6 cm³/mol. The Hall–Kier alpha value is 0.350. The number of ether oxygens (including phenoxy) is 1. The molecule has 2 aliphatic rings. The Bertz CT molecular complexity index is 109. The van der Waals surface area contributed by atoms with Crippen molar-refractivity contribution in [2.24, 2.45) is 0 Å². The zero-order chi connectivity index (χ0) is 5.56. The van der Waals surface area contributed by atoms with Gasteiger partial charge in [-0.1, -0.05) is 9.39 Å². The Balaban J connectivity index is 1.93. The fourth-order valence-corrected chi connectivity index (χ4v) is 1.57. The average Bonchev–Trinajstić information content (AvgIpc) is 2.43. The summed E-state index contributed by atoms with van der Waals surface area (Å²) in [5.41, 5.74) is 0. The van der Waals surface area contributed by atoms with Crippen LogP contribution in [0.2, 0.25) is 0 Å². The Labute approximate surface area is 51.4 Å². The maximum absolute atomic E-state index is 5.29. The number of nitrogens with zero attached hydrogens (tertiary/aromatic N) is 1. The van der Waals surface area contributed by atoms with Crippen LogP contribution in [0.25, 0.3) is 0 Å². The van der Waals surface area contributed by atoms with Gasteiger partial charge in [0, 0.05) is 13.1 Å². The standard InChI is InChI=1S/C5H10NOP/c8-6-2-1-4-5(3-6)7-4/h4-5H,1-3,8H2. The predicted octanol–water partition coefficient (Wildman–Crippen LogP) is 0.250. The summed E-state index contributed by atoms with van der Waals surface area (Å²) < 4.78 is 7.54. The molecular weight excluding hydrogens is 121 g/mol. The van der Waals surface area contributed by atoms with Crippen LogP contribution in [0, 0.1) is 0 Å². The Morgan fingerprint density at radius 2 is 2.38 bits per heavy atom. The normalized spacial score (nSPS) is 46.1. The van der Waals surface area contributed by atoms with Crippen LogP contribution in [0.3, 0.4) is 0 Å². The molecule has 0 spiro atoms. The summed E-state index contributed by atoms with van der Waals surface area (Å²) in [6, 6.07) is 0. The minimum atomic E-state index is 0.584. The summed E-state index contributed by atoms with van der Waals surface area (Å²) >= 11 is 0. The summed E-state index contributed by atoms with van der Waals surface area (Å²) in [5.74, 6) is 0. The maximum Gasteiger partial charge on any atom is 0.0972 e. The molecule has 0 N–H and O–H groups in total. The highest BCUT2D eigenvalue weighted by Gasteiger charge is 2.42. The molecule has 2 heterocycles. The van der Waals surface area contributed by atoms with Gasteiger partial charge >= 0.3 is 0 Å². The highest BCUT2D eigenvalue weighted by molar-refractivity contribution is 7.13. The number of hydrogen-bond donors (Lipinski definition) is 0. The molecule has 2 saturated heterocycles. The van der Waals surface area contributed by atoms with Gasteiger partial charge in [0.2, 0.25) is 0 Å². The molecule has 0 bridgehead atoms. The van der Waals surface area contributed by atoms with E-state index in [4.69, 9.17) is 4.74 Å². The Morgan fingerprint density at radius 3 is 3.00 bits per heavy atom. The van der Waals surface area contributed by atoms with Gasteiger partial charge in [-0.2, -0.15) is 0 Å². The van der Waals surface area contributed by atoms with Crippen LogP contribution in [-0.2, 0) is 4.74 Å². The van der Waals surface area contributed by atoms with Crippen molar-refractivity contribution in [3.8, 4) is 0 Å². The first-order chi connectivity index (χ1) is 3.86. The second-order valence-corrected chi connectivity index (χ2v) is 3.23. The first-order valence-corrected chi connectivity index (χ1v) is 3.53. The van der Waals surface area contributed by atoms with Crippen molar-refractivity contribution >= 4 is 9.39 Å². The second kappa shape index (κ2) is 1.66. The molecule has 0 aliphatic carbocycles. The molecule has 0 aromatic heterocycles. The molecule has 3 unspecified atom stereocenters. The highest BCUT2D eigenvalue weighted by Crippen LogP contribution is 2.31. The fraction of sp³-hybridized carbons (Fsp3) is 1.00. The van der Waals surface area contributed by atoms with Crippen LogP contribution in [-0.4, -0.2) is 30.0 Å². The van der Waals surface area contributed by atoms with Crippen molar-refractivity contribution in [1.29, 1.82) is 0 Å². The first kappa shape index (κ1) is 5.16. The number of piperidine rings is 1. The summed E-state index contributed by atoms with van der Waals surface area (Å²) in [4.78, 5) is 0. The topological polar surface area (TPSA) is 15.8 Å². The molecule has 0 saturated carbocycles. The lowest BCUT2D eigenvalue weighted by Crippen LogP contribution is -2.25. The van der Waals surface area contributed by atoms with Gasteiger partial charge in [0.15, 0.2) is 0 Å². The lowest BCUT2D eigenvalue weighted by Gasteiger charge is -2.16. The molecule has 0 aromatic carbocycles. The molecule has 0 amide bonds. The molecule has 2 nitrogen and oxygen atoms in total. The van der Waals surface area contributed by atoms with Gasteiger partial charge in [-0.05, 0) is 6.42 Å². The monoisotopic (exact) mass is 131 g/mol. The van der Waals surface area contributed by atoms with Crippen molar-refractivity contribution < 1.29 is 4.74 Å². The lowest BCUT2D eigenvalue weighted by molar-refractivity contribution is 0.371. The zero-order valence-corrected chi connectivity index (χ0v) is 5.86. The van der Waals surface area contributed by atoms with Gasteiger partial charge in [0.05, 0.1) is 12.2 Å². The van der Waals surface area contributed by atoms with E-state index in [-0.39, 0.29) is 0 Å². The molecule has 2 fully saturated rings. The van der Waals surface area contributed by atoms with E-state index in [2.05, 4.69) is 14.1 Å². The molecule has 3 heteroatoms. The molecular formula is C5H10NOP. The van der Waals surface area contributed by atoms with E-state index in [9.17, 15) is 0 Å². The van der Waals surface area contributed by atoms with Crippen LogP contribution in [0.15, 0.2) is 0 Å². The largest absolute Gasteiger partial charge is 0.368 e. The number of fused-ring (bicyclic) bond motifs is 1. The first-order valence-electron chi connectivity index (χ1n) is 3.01. The van der Waals surface area contributed by atoms with Crippen LogP contribution >= 0.6 is 9.39 Å². The second-order valence-electron chi connectivity index (χ2n) is 2.50. The molecule has 46 valence electrons. The minimum absolute atomic E-state index is 0.584. The van der Waals surface area contributed by atoms with Crippen LogP contribution in [0.5, 0.6) is 0 Å². The van der Waals surface area contributed by atoms with Crippen molar-refractivity contribution in [2.75, 3.05) is 13.1 Å². The van der Waals surface area contributed by atoms with Gasteiger partial charge in [-0.15, -0.1) is 0 Å². The third-order valence-electron chi connectivity index (χ3n) is 1.80. The fourth-order valence-electron chi connectivity index (χ4n) is 1.21. The summed E-state index contributed by atoms with van der Waals surface area (Å²) in [7, 11) is 2.71. The van der Waals surface area contributed by atoms with Gasteiger partial charge in [-0.3, -0.25) is 4.67 Å². The third kappa shape index (κ3) is 0.771. The van der Waals surface area contributed by atoms with E-state index in [0.29, 0.717) is 12.2 Å². The Kier molecular flexibility index (Phi) is 1.07. The van der Waals surface area contributed by atoms with Gasteiger partial charge in [0.25, 0.3) is 0 Å². The minimum Gasteiger partial charge on any atom is -0.368 e. The highest BCUT2D eigenvalue weighted by atomic mass is 31.0. The molecule has 8 heavy (non-hydrogen) atoms. The van der Waals surface area contributed by atoms with Crippen LogP contribution < -0.4 is 0 Å². The van der Waals surface area contributed by atoms with Crippen LogP contribution in [0.1, 0.15) is 6.42 Å². The molecule has 0 aromatic rings. The molecule has 2 rings (SSSR count). The lowest BCUT2D eigenvalue weighted by atomic mass is 10.2. The van der Waals surface area contributed by atoms with E-state index < -0.39 is 0 Å². The average molecular weight is 131 g/mol. The van der Waals surface area contributed by atoms with E-state index >= 15 is 0 Å². The van der Waals surface area contributed by atoms with Crippen molar-refractivity contribution in [1.82, 2.24) is 4.67 Å². The summed E-state index contributed by atoms with van der Waals surface area (Å²) in [6.45, 7) is 2.31. The Morgan fingerprint density at radius 1 is 1.50 bits per heavy atom. The van der Waals surface area contributed by atoms with Crippen molar-refractivity contribution in [3.05, 3.63) is 0 Å². The summed E-state index contributed by atoms with van der Waals surface area (Å²) in [5, 5.41) is 0. The van der Waals surface area contributed by atoms with Gasteiger partial charge in [0.1, 0.15) is 0 Å².